The smallest absolute Gasteiger partial charge is 0.266 e. The molecule has 1 N–H and O–H groups in total. The van der Waals surface area contributed by atoms with Gasteiger partial charge in [-0.15, -0.1) is 0 Å². The predicted octanol–water partition coefficient (Wildman–Crippen LogP) is 2.86. The van der Waals surface area contributed by atoms with Gasteiger partial charge in [0.1, 0.15) is 10.6 Å². The topological polar surface area (TPSA) is 75.6 Å². The molecule has 20 heavy (non-hydrogen) atoms. The molecular weight excluding hydrogens is 368 g/mol. The molecule has 0 fully saturated rings. The van der Waals surface area contributed by atoms with Gasteiger partial charge in [0.2, 0.25) is 0 Å². The van der Waals surface area contributed by atoms with E-state index in [2.05, 4.69) is 20.9 Å². The molecule has 8 heteroatoms. The van der Waals surface area contributed by atoms with E-state index in [1.54, 1.807) is 19.9 Å². The molecule has 0 aliphatic heterocycles. The molecule has 0 aliphatic carbocycles. The lowest BCUT2D eigenvalue weighted by Crippen LogP contribution is -2.31. The maximum atomic E-state index is 12.1. The Bertz CT molecular complexity index is 680. The van der Waals surface area contributed by atoms with Crippen molar-refractivity contribution >= 4 is 49.7 Å². The summed E-state index contributed by atoms with van der Waals surface area (Å²) in [5.74, 6) is -0.836. The van der Waals surface area contributed by atoms with Crippen LogP contribution in [0.3, 0.4) is 0 Å². The van der Waals surface area contributed by atoms with E-state index in [0.717, 1.165) is 0 Å². The van der Waals surface area contributed by atoms with Gasteiger partial charge in [-0.25, -0.2) is 13.1 Å². The maximum Gasteiger partial charge on any atom is 0.284 e. The van der Waals surface area contributed by atoms with Crippen molar-refractivity contribution in [2.75, 3.05) is 0 Å². The average molecular weight is 380 g/mol. The Morgan fingerprint density at radius 3 is 2.50 bits per heavy atom. The van der Waals surface area contributed by atoms with Crippen LogP contribution in [-0.2, 0) is 14.8 Å². The Labute approximate surface area is 130 Å². The summed E-state index contributed by atoms with van der Waals surface area (Å²) in [6.45, 7) is 3.20. The van der Waals surface area contributed by atoms with Gasteiger partial charge in [-0.2, -0.15) is 0 Å². The Morgan fingerprint density at radius 2 is 2.00 bits per heavy atom. The van der Waals surface area contributed by atoms with Crippen LogP contribution in [0, 0.1) is 0 Å². The number of nitrogens with one attached hydrogen (secondary N) is 1. The number of hydrogen-bond donors (Lipinski definition) is 1. The highest BCUT2D eigenvalue weighted by Gasteiger charge is 2.22. The number of halogens is 2. The van der Waals surface area contributed by atoms with Gasteiger partial charge < -0.3 is 0 Å². The second-order valence-electron chi connectivity index (χ2n) is 3.63. The highest BCUT2D eigenvalue weighted by atomic mass is 79.9. The molecule has 0 aliphatic rings. The van der Waals surface area contributed by atoms with Crippen molar-refractivity contribution in [1.82, 2.24) is 4.72 Å². The molecular formula is C12H12BrClN2O3S. The molecule has 1 rings (SSSR count). The van der Waals surface area contributed by atoms with Crippen LogP contribution >= 0.6 is 27.5 Å². The van der Waals surface area contributed by atoms with E-state index in [9.17, 15) is 13.2 Å². The molecule has 0 unspecified atom stereocenters. The lowest BCUT2D eigenvalue weighted by atomic mass is 10.4. The number of carbonyl (C=O) groups excluding carboxylic acids is 1. The quantitative estimate of drug-likeness (QED) is 0.645. The van der Waals surface area contributed by atoms with Gasteiger partial charge in [0.25, 0.3) is 15.9 Å². The van der Waals surface area contributed by atoms with Crippen molar-refractivity contribution < 1.29 is 13.2 Å². The number of benzene rings is 1. The molecule has 1 aromatic rings. The molecule has 5 nitrogen and oxygen atoms in total. The standard InChI is InChI=1S/C12H12BrClN2O3S/c1-3-15-11(8(2)13)12(17)16-20(18,19)10-7-5-4-6-9(10)14/h3-7H,1-2H3,(H,16,17)/b11-8+,15-3?. The van der Waals surface area contributed by atoms with E-state index in [1.807, 2.05) is 4.72 Å². The van der Waals surface area contributed by atoms with Crippen molar-refractivity contribution in [3.8, 4) is 0 Å². The van der Waals surface area contributed by atoms with Crippen molar-refractivity contribution in [3.63, 3.8) is 0 Å². The van der Waals surface area contributed by atoms with E-state index in [-0.39, 0.29) is 15.6 Å². The van der Waals surface area contributed by atoms with Gasteiger partial charge in [0.05, 0.1) is 5.02 Å². The largest absolute Gasteiger partial charge is 0.284 e. The van der Waals surface area contributed by atoms with Gasteiger partial charge in [0, 0.05) is 10.7 Å². The second kappa shape index (κ2) is 7.01. The number of amides is 1. The van der Waals surface area contributed by atoms with Crippen LogP contribution in [0.15, 0.2) is 44.3 Å². The summed E-state index contributed by atoms with van der Waals surface area (Å²) in [7, 11) is -4.05. The molecule has 0 radical (unpaired) electrons. The zero-order valence-electron chi connectivity index (χ0n) is 10.7. The highest BCUT2D eigenvalue weighted by Crippen LogP contribution is 2.21. The van der Waals surface area contributed by atoms with Gasteiger partial charge >= 0.3 is 0 Å². The summed E-state index contributed by atoms with van der Waals surface area (Å²) in [4.78, 5) is 15.6. The number of rotatable bonds is 4. The summed E-state index contributed by atoms with van der Waals surface area (Å²) >= 11 is 8.92. The first kappa shape index (κ1) is 16.9. The molecule has 0 bridgehead atoms. The van der Waals surface area contributed by atoms with Crippen LogP contribution in [0.1, 0.15) is 13.8 Å². The van der Waals surface area contributed by atoms with E-state index >= 15 is 0 Å². The summed E-state index contributed by atoms with van der Waals surface area (Å²) in [5, 5.41) is 0.0351. The Morgan fingerprint density at radius 1 is 1.40 bits per heavy atom. The number of nitrogens with zero attached hydrogens (tertiary/aromatic N) is 1. The Balaban J connectivity index is 3.13. The van der Waals surface area contributed by atoms with Crippen LogP contribution in [0.25, 0.3) is 0 Å². The number of aliphatic imine (C=N–C) groups is 1. The SMILES string of the molecule is CC=N/C(C(=O)NS(=O)(=O)c1ccccc1Cl)=C(\C)Br. The monoisotopic (exact) mass is 378 g/mol. The molecule has 0 aromatic heterocycles. The lowest BCUT2D eigenvalue weighted by Gasteiger charge is -2.09. The number of sulfonamides is 1. The lowest BCUT2D eigenvalue weighted by molar-refractivity contribution is -0.115. The first-order chi connectivity index (χ1) is 9.29. The Hall–Kier alpha value is -1.18. The van der Waals surface area contributed by atoms with E-state index in [4.69, 9.17) is 11.6 Å². The summed E-state index contributed by atoms with van der Waals surface area (Å²) < 4.78 is 26.5. The van der Waals surface area contributed by atoms with Crippen molar-refractivity contribution in [3.05, 3.63) is 39.5 Å². The van der Waals surface area contributed by atoms with Crippen molar-refractivity contribution in [1.29, 1.82) is 0 Å². The fraction of sp³-hybridized carbons (Fsp3) is 0.167. The molecule has 0 heterocycles. The summed E-state index contributed by atoms with van der Waals surface area (Å²) in [6, 6.07) is 5.85. The summed E-state index contributed by atoms with van der Waals surface area (Å²) in [6.07, 6.45) is 1.39. The summed E-state index contributed by atoms with van der Waals surface area (Å²) in [5.41, 5.74) is -0.0249. The van der Waals surface area contributed by atoms with Gasteiger partial charge in [-0.1, -0.05) is 39.7 Å². The van der Waals surface area contributed by atoms with Crippen molar-refractivity contribution in [2.45, 2.75) is 18.7 Å². The molecule has 1 aromatic carbocycles. The maximum absolute atomic E-state index is 12.1. The van der Waals surface area contributed by atoms with Crippen LogP contribution in [0.4, 0.5) is 0 Å². The Kier molecular flexibility index (Phi) is 5.91. The third kappa shape index (κ3) is 4.16. The molecule has 0 atom stereocenters. The van der Waals surface area contributed by atoms with Crippen molar-refractivity contribution in [2.24, 2.45) is 4.99 Å². The van der Waals surface area contributed by atoms with Gasteiger partial charge in [-0.3, -0.25) is 9.79 Å². The molecule has 0 saturated carbocycles. The van der Waals surface area contributed by atoms with Crippen LogP contribution in [-0.4, -0.2) is 20.5 Å². The minimum atomic E-state index is -4.05. The first-order valence-corrected chi connectivity index (χ1v) is 8.11. The minimum absolute atomic E-state index is 0.0249. The van der Waals surface area contributed by atoms with Crippen LogP contribution < -0.4 is 4.72 Å². The molecule has 108 valence electrons. The van der Waals surface area contributed by atoms with Crippen LogP contribution in [0.5, 0.6) is 0 Å². The third-order valence-corrected chi connectivity index (χ3v) is 4.36. The second-order valence-corrected chi connectivity index (χ2v) is 6.88. The first-order valence-electron chi connectivity index (χ1n) is 5.46. The average Bonchev–Trinajstić information content (AvgIpc) is 2.35. The number of allylic oxidation sites excluding steroid dienone is 1. The fourth-order valence-electron chi connectivity index (χ4n) is 1.32. The third-order valence-electron chi connectivity index (χ3n) is 2.15. The van der Waals surface area contributed by atoms with Crippen LogP contribution in [0.2, 0.25) is 5.02 Å². The van der Waals surface area contributed by atoms with E-state index < -0.39 is 15.9 Å². The number of carbonyl (C=O) groups is 1. The van der Waals surface area contributed by atoms with E-state index in [0.29, 0.717) is 4.48 Å². The molecule has 0 saturated heterocycles. The zero-order valence-corrected chi connectivity index (χ0v) is 13.9. The highest BCUT2D eigenvalue weighted by molar-refractivity contribution is 9.11. The van der Waals surface area contributed by atoms with Gasteiger partial charge in [0.15, 0.2) is 0 Å². The fourth-order valence-corrected chi connectivity index (χ4v) is 3.08. The normalized spacial score (nSPS) is 13.2. The molecule has 1 amide bonds. The van der Waals surface area contributed by atoms with E-state index in [1.165, 1.54) is 24.4 Å². The number of hydrogen-bond acceptors (Lipinski definition) is 4. The van der Waals surface area contributed by atoms with Gasteiger partial charge in [-0.05, 0) is 26.0 Å². The molecule has 0 spiro atoms. The minimum Gasteiger partial charge on any atom is -0.266 e. The predicted molar refractivity (Wildman–Crippen MR) is 82.6 cm³/mol. The zero-order chi connectivity index (χ0) is 15.3.